The smallest absolute Gasteiger partial charge is 0.0950 e. The van der Waals surface area contributed by atoms with Crippen molar-refractivity contribution in [2.75, 3.05) is 0 Å². The molecule has 0 aliphatic heterocycles. The van der Waals surface area contributed by atoms with Crippen molar-refractivity contribution in [3.8, 4) is 0 Å². The van der Waals surface area contributed by atoms with Crippen LogP contribution in [0, 0.1) is 0 Å². The van der Waals surface area contributed by atoms with E-state index in [1.54, 1.807) is 6.26 Å². The summed E-state index contributed by atoms with van der Waals surface area (Å²) in [7, 11) is 0. The predicted molar refractivity (Wildman–Crippen MR) is 74.5 cm³/mol. The molecule has 0 spiro atoms. The zero-order chi connectivity index (χ0) is 12.8. The highest BCUT2D eigenvalue weighted by atomic mass is 16.3. The van der Waals surface area contributed by atoms with Gasteiger partial charge in [0.2, 0.25) is 0 Å². The number of hydrogen-bond acceptors (Lipinski definition) is 2. The fourth-order valence-electron chi connectivity index (χ4n) is 2.16. The highest BCUT2D eigenvalue weighted by molar-refractivity contribution is 5.15. The number of rotatable bonds is 6. The number of furan rings is 1. The molecule has 2 atom stereocenters. The lowest BCUT2D eigenvalue weighted by Crippen LogP contribution is -2.29. The Labute approximate surface area is 109 Å². The summed E-state index contributed by atoms with van der Waals surface area (Å²) in [6, 6.07) is 13.5. The summed E-state index contributed by atoms with van der Waals surface area (Å²) in [6.45, 7) is 4.41. The van der Waals surface area contributed by atoms with Crippen molar-refractivity contribution in [2.45, 2.75) is 38.8 Å². The van der Waals surface area contributed by atoms with E-state index in [0.717, 1.165) is 12.8 Å². The van der Waals surface area contributed by atoms with E-state index in [1.807, 2.05) is 12.3 Å². The van der Waals surface area contributed by atoms with Gasteiger partial charge < -0.3 is 9.73 Å². The van der Waals surface area contributed by atoms with Crippen LogP contribution < -0.4 is 5.32 Å². The Morgan fingerprint density at radius 2 is 1.89 bits per heavy atom. The zero-order valence-corrected chi connectivity index (χ0v) is 11.1. The molecule has 2 nitrogen and oxygen atoms in total. The summed E-state index contributed by atoms with van der Waals surface area (Å²) in [6.07, 6.45) is 5.79. The number of hydrogen-bond donors (Lipinski definition) is 1. The Kier molecular flexibility index (Phi) is 4.59. The molecule has 0 bridgehead atoms. The number of aryl methyl sites for hydroxylation is 1. The van der Waals surface area contributed by atoms with E-state index >= 15 is 0 Å². The van der Waals surface area contributed by atoms with Crippen LogP contribution in [0.15, 0.2) is 53.3 Å². The lowest BCUT2D eigenvalue weighted by atomic mass is 10.0. The Morgan fingerprint density at radius 3 is 2.56 bits per heavy atom. The summed E-state index contributed by atoms with van der Waals surface area (Å²) in [5, 5.41) is 3.59. The molecule has 2 heteroatoms. The van der Waals surface area contributed by atoms with Crippen molar-refractivity contribution in [2.24, 2.45) is 0 Å². The maximum atomic E-state index is 5.11. The van der Waals surface area contributed by atoms with E-state index in [0.29, 0.717) is 12.1 Å². The highest BCUT2D eigenvalue weighted by Gasteiger charge is 2.10. The van der Waals surface area contributed by atoms with Gasteiger partial charge in [0, 0.05) is 17.6 Å². The van der Waals surface area contributed by atoms with E-state index in [4.69, 9.17) is 4.42 Å². The second-order valence-corrected chi connectivity index (χ2v) is 4.87. The molecule has 2 unspecified atom stereocenters. The Bertz CT molecular complexity index is 435. The lowest BCUT2D eigenvalue weighted by Gasteiger charge is -2.19. The van der Waals surface area contributed by atoms with Gasteiger partial charge in [0.15, 0.2) is 0 Å². The molecule has 1 heterocycles. The zero-order valence-electron chi connectivity index (χ0n) is 11.1. The molecular weight excluding hydrogens is 222 g/mol. The summed E-state index contributed by atoms with van der Waals surface area (Å²) in [4.78, 5) is 0. The first-order valence-electron chi connectivity index (χ1n) is 6.58. The third-order valence-corrected chi connectivity index (χ3v) is 3.29. The fraction of sp³-hybridized carbons (Fsp3) is 0.375. The molecule has 0 amide bonds. The van der Waals surface area contributed by atoms with E-state index in [9.17, 15) is 0 Å². The average Bonchev–Trinajstić information content (AvgIpc) is 2.91. The molecule has 0 aliphatic rings. The maximum absolute atomic E-state index is 5.11. The summed E-state index contributed by atoms with van der Waals surface area (Å²) >= 11 is 0. The third-order valence-electron chi connectivity index (χ3n) is 3.29. The van der Waals surface area contributed by atoms with Crippen molar-refractivity contribution < 1.29 is 4.42 Å². The molecule has 2 aromatic rings. The fourth-order valence-corrected chi connectivity index (χ4v) is 2.16. The molecular formula is C16H21NO. The molecule has 1 N–H and O–H groups in total. The largest absolute Gasteiger partial charge is 0.472 e. The monoisotopic (exact) mass is 243 g/mol. The summed E-state index contributed by atoms with van der Waals surface area (Å²) < 4.78 is 5.11. The van der Waals surface area contributed by atoms with Crippen molar-refractivity contribution in [3.63, 3.8) is 0 Å². The second-order valence-electron chi connectivity index (χ2n) is 4.87. The van der Waals surface area contributed by atoms with Gasteiger partial charge in [0.25, 0.3) is 0 Å². The van der Waals surface area contributed by atoms with Gasteiger partial charge >= 0.3 is 0 Å². The predicted octanol–water partition coefficient (Wildman–Crippen LogP) is 3.95. The van der Waals surface area contributed by atoms with Gasteiger partial charge in [-0.25, -0.2) is 0 Å². The van der Waals surface area contributed by atoms with Crippen LogP contribution in [0.5, 0.6) is 0 Å². The molecule has 96 valence electrons. The van der Waals surface area contributed by atoms with Crippen LogP contribution >= 0.6 is 0 Å². The number of nitrogens with one attached hydrogen (secondary N) is 1. The van der Waals surface area contributed by atoms with E-state index < -0.39 is 0 Å². The lowest BCUT2D eigenvalue weighted by molar-refractivity contribution is 0.452. The first-order valence-corrected chi connectivity index (χ1v) is 6.58. The Morgan fingerprint density at radius 1 is 1.11 bits per heavy atom. The maximum Gasteiger partial charge on any atom is 0.0950 e. The molecule has 0 saturated carbocycles. The quantitative estimate of drug-likeness (QED) is 0.831. The van der Waals surface area contributed by atoms with Crippen molar-refractivity contribution >= 4 is 0 Å². The van der Waals surface area contributed by atoms with Gasteiger partial charge in [-0.2, -0.15) is 0 Å². The molecule has 0 aliphatic carbocycles. The molecule has 0 saturated heterocycles. The standard InChI is InChI=1S/C16H21NO/c1-13(8-9-15-6-4-3-5-7-15)17-14(2)16-10-11-18-12-16/h3-7,10-14,17H,8-9H2,1-2H3. The molecule has 1 aromatic carbocycles. The van der Waals surface area contributed by atoms with Gasteiger partial charge in [-0.05, 0) is 38.3 Å². The first-order chi connectivity index (χ1) is 8.75. The van der Waals surface area contributed by atoms with E-state index in [1.165, 1.54) is 11.1 Å². The normalized spacial score (nSPS) is 14.3. The Hall–Kier alpha value is -1.54. The van der Waals surface area contributed by atoms with Crippen LogP contribution in [0.3, 0.4) is 0 Å². The topological polar surface area (TPSA) is 25.2 Å². The Balaban J connectivity index is 1.77. The van der Waals surface area contributed by atoms with Crippen LogP contribution in [0.4, 0.5) is 0 Å². The second kappa shape index (κ2) is 6.41. The number of benzene rings is 1. The van der Waals surface area contributed by atoms with E-state index in [-0.39, 0.29) is 0 Å². The van der Waals surface area contributed by atoms with Crippen LogP contribution in [0.2, 0.25) is 0 Å². The van der Waals surface area contributed by atoms with Gasteiger partial charge in [0.05, 0.1) is 12.5 Å². The first kappa shape index (κ1) is 12.9. The third kappa shape index (κ3) is 3.74. The van der Waals surface area contributed by atoms with Gasteiger partial charge in [0.1, 0.15) is 0 Å². The minimum atomic E-state index is 0.342. The SMILES string of the molecule is CC(CCc1ccccc1)NC(C)c1ccoc1. The van der Waals surface area contributed by atoms with Crippen molar-refractivity contribution in [1.29, 1.82) is 0 Å². The highest BCUT2D eigenvalue weighted by Crippen LogP contribution is 2.14. The summed E-state index contributed by atoms with van der Waals surface area (Å²) in [5.74, 6) is 0. The average molecular weight is 243 g/mol. The molecule has 18 heavy (non-hydrogen) atoms. The van der Waals surface area contributed by atoms with Gasteiger partial charge in [-0.1, -0.05) is 30.3 Å². The van der Waals surface area contributed by atoms with Gasteiger partial charge in [-0.3, -0.25) is 0 Å². The van der Waals surface area contributed by atoms with Crippen LogP contribution in [0.1, 0.15) is 37.4 Å². The van der Waals surface area contributed by atoms with Crippen LogP contribution in [0.25, 0.3) is 0 Å². The van der Waals surface area contributed by atoms with Crippen molar-refractivity contribution in [1.82, 2.24) is 5.32 Å². The van der Waals surface area contributed by atoms with Gasteiger partial charge in [-0.15, -0.1) is 0 Å². The molecule has 0 radical (unpaired) electrons. The molecule has 1 aromatic heterocycles. The molecule has 0 fully saturated rings. The minimum Gasteiger partial charge on any atom is -0.472 e. The van der Waals surface area contributed by atoms with Crippen LogP contribution in [-0.2, 0) is 6.42 Å². The molecule has 2 rings (SSSR count). The van der Waals surface area contributed by atoms with Crippen LogP contribution in [-0.4, -0.2) is 6.04 Å². The van der Waals surface area contributed by atoms with Crippen molar-refractivity contribution in [3.05, 3.63) is 60.1 Å². The summed E-state index contributed by atoms with van der Waals surface area (Å²) in [5.41, 5.74) is 2.61. The minimum absolute atomic E-state index is 0.342. The van der Waals surface area contributed by atoms with E-state index in [2.05, 4.69) is 49.5 Å².